The monoisotopic (exact) mass is 498 g/mol. The normalized spacial score (nSPS) is 13.5. The number of anilines is 2. The number of carbonyl (C=O) groups excluding carboxylic acids is 2. The van der Waals surface area contributed by atoms with E-state index in [1.165, 1.54) is 18.9 Å². The van der Waals surface area contributed by atoms with Gasteiger partial charge in [0, 0.05) is 32.7 Å². The van der Waals surface area contributed by atoms with E-state index < -0.39 is 10.9 Å². The second kappa shape index (κ2) is 11.3. The maximum atomic E-state index is 12.6. The van der Waals surface area contributed by atoms with Crippen LogP contribution in [-0.4, -0.2) is 71.0 Å². The second-order valence-electron chi connectivity index (χ2n) is 7.94. The number of hydrogen-bond donors (Lipinski definition) is 0. The average Bonchev–Trinajstić information content (AvgIpc) is 3.61. The molecule has 190 valence electrons. The average molecular weight is 498 g/mol. The van der Waals surface area contributed by atoms with Crippen LogP contribution in [0.15, 0.2) is 52.0 Å². The van der Waals surface area contributed by atoms with E-state index in [-0.39, 0.29) is 55.1 Å². The Morgan fingerprint density at radius 3 is 2.53 bits per heavy atom. The van der Waals surface area contributed by atoms with E-state index in [9.17, 15) is 19.7 Å². The van der Waals surface area contributed by atoms with Gasteiger partial charge in [-0.25, -0.2) is 9.97 Å². The summed E-state index contributed by atoms with van der Waals surface area (Å²) in [6.45, 7) is 3.60. The lowest BCUT2D eigenvalue weighted by atomic mass is 10.2. The van der Waals surface area contributed by atoms with Gasteiger partial charge < -0.3 is 28.3 Å². The first-order valence-electron chi connectivity index (χ1n) is 11.5. The smallest absolute Gasteiger partial charge is 0.353 e. The number of aromatic nitrogens is 2. The molecule has 1 amide bonds. The molecule has 0 N–H and O–H groups in total. The zero-order chi connectivity index (χ0) is 25.5. The molecule has 1 fully saturated rings. The minimum absolute atomic E-state index is 0.0125. The molecule has 0 atom stereocenters. The van der Waals surface area contributed by atoms with Gasteiger partial charge in [0.1, 0.15) is 12.1 Å². The van der Waals surface area contributed by atoms with Crippen molar-refractivity contribution in [3.63, 3.8) is 0 Å². The standard InChI is InChI=1S/C23H26N6O7/c1-2-34-19(30)7-8-28(15-17-5-3-13-35-17)22-20(29(32)33)21(24-16-25-22)26-9-11-27(12-10-26)23(31)18-6-4-14-36-18/h3-6,13-14,16H,2,7-12,15H2,1H3. The molecular weight excluding hydrogens is 472 g/mol. The molecule has 0 saturated carbocycles. The summed E-state index contributed by atoms with van der Waals surface area (Å²) in [5.41, 5.74) is -0.279. The van der Waals surface area contributed by atoms with E-state index in [2.05, 4.69) is 9.97 Å². The number of nitrogens with zero attached hydrogens (tertiary/aromatic N) is 6. The molecule has 0 unspecified atom stereocenters. The number of hydrogen-bond acceptors (Lipinski definition) is 11. The molecule has 0 radical (unpaired) electrons. The summed E-state index contributed by atoms with van der Waals surface area (Å²) in [6.07, 6.45) is 4.21. The Balaban J connectivity index is 1.57. The quantitative estimate of drug-likeness (QED) is 0.230. The maximum Gasteiger partial charge on any atom is 0.353 e. The van der Waals surface area contributed by atoms with E-state index in [0.717, 1.165) is 0 Å². The lowest BCUT2D eigenvalue weighted by Gasteiger charge is -2.35. The fraction of sp³-hybridized carbons (Fsp3) is 0.391. The third kappa shape index (κ3) is 5.62. The fourth-order valence-corrected chi connectivity index (χ4v) is 3.97. The van der Waals surface area contributed by atoms with Gasteiger partial charge in [0.15, 0.2) is 5.76 Å². The minimum atomic E-state index is -0.523. The van der Waals surface area contributed by atoms with E-state index in [0.29, 0.717) is 31.9 Å². The first-order chi connectivity index (χ1) is 17.5. The van der Waals surface area contributed by atoms with Crippen LogP contribution in [-0.2, 0) is 16.1 Å². The van der Waals surface area contributed by atoms with Crippen LogP contribution in [0.3, 0.4) is 0 Å². The molecule has 13 nitrogen and oxygen atoms in total. The summed E-state index contributed by atoms with van der Waals surface area (Å²) in [4.78, 5) is 49.7. The zero-order valence-electron chi connectivity index (χ0n) is 19.7. The summed E-state index contributed by atoms with van der Waals surface area (Å²) in [6, 6.07) is 6.69. The van der Waals surface area contributed by atoms with Gasteiger partial charge in [0.05, 0.1) is 37.0 Å². The highest BCUT2D eigenvalue weighted by atomic mass is 16.6. The van der Waals surface area contributed by atoms with Gasteiger partial charge in [-0.05, 0) is 31.2 Å². The Morgan fingerprint density at radius 2 is 1.89 bits per heavy atom. The Labute approximate surface area is 206 Å². The summed E-state index contributed by atoms with van der Waals surface area (Å²) in [5, 5.41) is 12.2. The number of nitro groups is 1. The van der Waals surface area contributed by atoms with Crippen molar-refractivity contribution in [2.24, 2.45) is 0 Å². The van der Waals surface area contributed by atoms with Crippen LogP contribution >= 0.6 is 0 Å². The van der Waals surface area contributed by atoms with Crippen molar-refractivity contribution < 1.29 is 28.1 Å². The third-order valence-corrected chi connectivity index (χ3v) is 5.68. The van der Waals surface area contributed by atoms with Crippen molar-refractivity contribution in [1.29, 1.82) is 0 Å². The lowest BCUT2D eigenvalue weighted by Crippen LogP contribution is -2.49. The molecule has 1 aliphatic heterocycles. The number of esters is 1. The number of piperazine rings is 1. The summed E-state index contributed by atoms with van der Waals surface area (Å²) >= 11 is 0. The van der Waals surface area contributed by atoms with Crippen LogP contribution in [0.25, 0.3) is 0 Å². The van der Waals surface area contributed by atoms with Crippen molar-refractivity contribution in [3.8, 4) is 0 Å². The van der Waals surface area contributed by atoms with E-state index in [1.54, 1.807) is 45.9 Å². The summed E-state index contributed by atoms with van der Waals surface area (Å²) < 4.78 is 15.6. The van der Waals surface area contributed by atoms with E-state index in [4.69, 9.17) is 13.6 Å². The van der Waals surface area contributed by atoms with Crippen molar-refractivity contribution in [2.45, 2.75) is 19.9 Å². The zero-order valence-corrected chi connectivity index (χ0v) is 19.7. The number of furan rings is 2. The van der Waals surface area contributed by atoms with Crippen LogP contribution in [0.4, 0.5) is 17.3 Å². The highest BCUT2D eigenvalue weighted by Crippen LogP contribution is 2.35. The van der Waals surface area contributed by atoms with Gasteiger partial charge in [0.25, 0.3) is 5.91 Å². The van der Waals surface area contributed by atoms with Gasteiger partial charge in [0.2, 0.25) is 11.6 Å². The number of amides is 1. The summed E-state index contributed by atoms with van der Waals surface area (Å²) in [5.74, 6) is 0.361. The molecule has 1 saturated heterocycles. The first-order valence-corrected chi connectivity index (χ1v) is 11.5. The van der Waals surface area contributed by atoms with Gasteiger partial charge in [-0.2, -0.15) is 0 Å². The summed E-state index contributed by atoms with van der Waals surface area (Å²) in [7, 11) is 0. The second-order valence-corrected chi connectivity index (χ2v) is 7.94. The van der Waals surface area contributed by atoms with Gasteiger partial charge in [-0.15, -0.1) is 0 Å². The third-order valence-electron chi connectivity index (χ3n) is 5.68. The van der Waals surface area contributed by atoms with Gasteiger partial charge in [-0.1, -0.05) is 0 Å². The van der Waals surface area contributed by atoms with Crippen LogP contribution in [0.1, 0.15) is 29.7 Å². The number of carbonyl (C=O) groups is 2. The van der Waals surface area contributed by atoms with Gasteiger partial charge >= 0.3 is 11.7 Å². The minimum Gasteiger partial charge on any atom is -0.467 e. The highest BCUT2D eigenvalue weighted by Gasteiger charge is 2.33. The first kappa shape index (κ1) is 24.7. The maximum absolute atomic E-state index is 12.6. The fourth-order valence-electron chi connectivity index (χ4n) is 3.97. The SMILES string of the molecule is CCOC(=O)CCN(Cc1ccco1)c1ncnc(N2CCN(C(=O)c3ccco3)CC2)c1[N+](=O)[O-]. The molecule has 4 rings (SSSR count). The van der Waals surface area contributed by atoms with Crippen molar-refractivity contribution in [3.05, 3.63) is 64.8 Å². The van der Waals surface area contributed by atoms with E-state index in [1.807, 2.05) is 0 Å². The topological polar surface area (TPSA) is 148 Å². The van der Waals surface area contributed by atoms with Crippen LogP contribution in [0.5, 0.6) is 0 Å². The van der Waals surface area contributed by atoms with Crippen LogP contribution in [0, 0.1) is 10.1 Å². The van der Waals surface area contributed by atoms with Crippen LogP contribution in [0.2, 0.25) is 0 Å². The van der Waals surface area contributed by atoms with Crippen molar-refractivity contribution >= 4 is 29.2 Å². The predicted octanol–water partition coefficient (Wildman–Crippen LogP) is 2.49. The molecule has 3 aromatic rings. The molecule has 0 bridgehead atoms. The molecule has 1 aliphatic rings. The van der Waals surface area contributed by atoms with Crippen LogP contribution < -0.4 is 9.80 Å². The molecule has 0 aliphatic carbocycles. The largest absolute Gasteiger partial charge is 0.467 e. The van der Waals surface area contributed by atoms with E-state index >= 15 is 0 Å². The Kier molecular flexibility index (Phi) is 7.78. The number of ether oxygens (including phenoxy) is 1. The van der Waals surface area contributed by atoms with Crippen molar-refractivity contribution in [1.82, 2.24) is 14.9 Å². The van der Waals surface area contributed by atoms with Gasteiger partial charge in [-0.3, -0.25) is 19.7 Å². The molecule has 3 aromatic heterocycles. The molecule has 4 heterocycles. The predicted molar refractivity (Wildman–Crippen MR) is 127 cm³/mol. The molecule has 13 heteroatoms. The highest BCUT2D eigenvalue weighted by molar-refractivity contribution is 5.91. The van der Waals surface area contributed by atoms with Crippen molar-refractivity contribution in [2.75, 3.05) is 49.1 Å². The lowest BCUT2D eigenvalue weighted by molar-refractivity contribution is -0.383. The Morgan fingerprint density at radius 1 is 1.14 bits per heavy atom. The molecule has 36 heavy (non-hydrogen) atoms. The molecular formula is C23H26N6O7. The Hall–Kier alpha value is -4.42. The number of rotatable bonds is 10. The Bertz CT molecular complexity index is 1170. The molecule has 0 aromatic carbocycles. The molecule has 0 spiro atoms.